The zero-order chi connectivity index (χ0) is 9.30. The van der Waals surface area contributed by atoms with Gasteiger partial charge in [-0.3, -0.25) is 0 Å². The number of hydrogen-bond donors (Lipinski definition) is 1. The van der Waals surface area contributed by atoms with Gasteiger partial charge >= 0.3 is 0 Å². The van der Waals surface area contributed by atoms with E-state index in [9.17, 15) is 8.78 Å². The van der Waals surface area contributed by atoms with Crippen LogP contribution in [0.1, 0.15) is 12.1 Å². The quantitative estimate of drug-likeness (QED) is 0.639. The molecule has 0 aromatic carbocycles. The van der Waals surface area contributed by atoms with Crippen molar-refractivity contribution >= 4 is 34.2 Å². The van der Waals surface area contributed by atoms with E-state index in [-0.39, 0.29) is 14.5 Å². The fraction of sp³-hybridized carbons (Fsp3) is 0.167. The van der Waals surface area contributed by atoms with Gasteiger partial charge in [0, 0.05) is 3.57 Å². The Morgan fingerprint density at radius 3 is 2.67 bits per heavy atom. The topological polar surface area (TPSA) is 33.1 Å². The van der Waals surface area contributed by atoms with E-state index in [0.29, 0.717) is 0 Å². The molecule has 0 bridgehead atoms. The molecule has 66 valence electrons. The summed E-state index contributed by atoms with van der Waals surface area (Å²) in [5.74, 6) is -0.287. The van der Waals surface area contributed by atoms with E-state index < -0.39 is 12.1 Å². The maximum atomic E-state index is 12.1. The van der Waals surface area contributed by atoms with Crippen molar-refractivity contribution in [2.24, 2.45) is 0 Å². The Labute approximate surface area is 85.7 Å². The highest BCUT2D eigenvalue weighted by atomic mass is 127. The summed E-state index contributed by atoms with van der Waals surface area (Å²) in [7, 11) is 0. The lowest BCUT2D eigenvalue weighted by atomic mass is 10.3. The van der Waals surface area contributed by atoms with Gasteiger partial charge in [-0.05, 0) is 28.7 Å². The van der Waals surface area contributed by atoms with Crippen LogP contribution in [0.3, 0.4) is 0 Å². The first kappa shape index (κ1) is 9.91. The molecule has 0 radical (unpaired) electrons. The van der Waals surface area contributed by atoms with E-state index in [1.54, 1.807) is 22.6 Å². The van der Waals surface area contributed by atoms with Crippen LogP contribution in [0.4, 0.5) is 8.78 Å². The number of rotatable bonds is 1. The zero-order valence-electron chi connectivity index (χ0n) is 5.56. The Bertz CT molecular complexity index is 308. The highest BCUT2D eigenvalue weighted by Crippen LogP contribution is 2.29. The number of pyridine rings is 1. The Balaban J connectivity index is 3.23. The third kappa shape index (κ3) is 1.95. The number of hydrogen-bond acceptors (Lipinski definition) is 2. The van der Waals surface area contributed by atoms with Crippen LogP contribution in [0, 0.1) is 3.57 Å². The van der Waals surface area contributed by atoms with E-state index in [1.165, 1.54) is 0 Å². The zero-order valence-corrected chi connectivity index (χ0v) is 8.47. The Morgan fingerprint density at radius 1 is 1.58 bits per heavy atom. The molecule has 1 aromatic rings. The number of halogens is 4. The molecule has 1 heterocycles. The van der Waals surface area contributed by atoms with Crippen molar-refractivity contribution in [1.29, 1.82) is 0 Å². The highest BCUT2D eigenvalue weighted by molar-refractivity contribution is 14.1. The van der Waals surface area contributed by atoms with Crippen molar-refractivity contribution in [1.82, 2.24) is 4.98 Å². The molecule has 0 saturated carbocycles. The van der Waals surface area contributed by atoms with Crippen molar-refractivity contribution < 1.29 is 13.9 Å². The van der Waals surface area contributed by atoms with Gasteiger partial charge in [0.05, 0.1) is 0 Å². The van der Waals surface area contributed by atoms with Crippen LogP contribution in [-0.4, -0.2) is 10.1 Å². The van der Waals surface area contributed by atoms with Gasteiger partial charge in [-0.15, -0.1) is 0 Å². The van der Waals surface area contributed by atoms with Crippen LogP contribution in [0.15, 0.2) is 6.07 Å². The van der Waals surface area contributed by atoms with E-state index >= 15 is 0 Å². The minimum Gasteiger partial charge on any atom is -0.505 e. The predicted molar refractivity (Wildman–Crippen MR) is 48.6 cm³/mol. The van der Waals surface area contributed by atoms with Crippen LogP contribution in [0.2, 0.25) is 5.15 Å². The molecule has 1 N–H and O–H groups in total. The molecule has 12 heavy (non-hydrogen) atoms. The Morgan fingerprint density at radius 2 is 2.17 bits per heavy atom. The lowest BCUT2D eigenvalue weighted by Crippen LogP contribution is -1.94. The van der Waals surface area contributed by atoms with E-state index in [1.807, 2.05) is 0 Å². The van der Waals surface area contributed by atoms with Gasteiger partial charge < -0.3 is 5.11 Å². The summed E-state index contributed by atoms with van der Waals surface area (Å²) in [6.07, 6.45) is -2.67. The van der Waals surface area contributed by atoms with Gasteiger partial charge in [-0.25, -0.2) is 13.8 Å². The maximum Gasteiger partial charge on any atom is 0.281 e. The number of nitrogens with zero attached hydrogens (tertiary/aromatic N) is 1. The number of aromatic nitrogens is 1. The molecule has 1 aromatic heterocycles. The SMILES string of the molecule is Oc1cc(I)c(C(F)F)nc1Cl. The van der Waals surface area contributed by atoms with Crippen molar-refractivity contribution in [3.05, 3.63) is 20.5 Å². The van der Waals surface area contributed by atoms with E-state index in [0.717, 1.165) is 6.07 Å². The van der Waals surface area contributed by atoms with Crippen LogP contribution in [-0.2, 0) is 0 Å². The summed E-state index contributed by atoms with van der Waals surface area (Å²) < 4.78 is 24.5. The van der Waals surface area contributed by atoms with Crippen molar-refractivity contribution in [3.63, 3.8) is 0 Å². The smallest absolute Gasteiger partial charge is 0.281 e. The summed E-state index contributed by atoms with van der Waals surface area (Å²) in [4.78, 5) is 3.33. The summed E-state index contributed by atoms with van der Waals surface area (Å²) >= 11 is 6.99. The van der Waals surface area contributed by atoms with Gasteiger partial charge in [0.15, 0.2) is 10.9 Å². The standard InChI is InChI=1S/C6H3ClF2INO/c7-5-3(12)1-2(10)4(11-5)6(8)9/h1,6,12H. The maximum absolute atomic E-state index is 12.1. The van der Waals surface area contributed by atoms with Crippen LogP contribution < -0.4 is 0 Å². The molecule has 0 spiro atoms. The van der Waals surface area contributed by atoms with Crippen molar-refractivity contribution in [2.45, 2.75) is 6.43 Å². The van der Waals surface area contributed by atoms with Gasteiger partial charge in [-0.1, -0.05) is 11.6 Å². The first-order valence-corrected chi connectivity index (χ1v) is 4.31. The van der Waals surface area contributed by atoms with Crippen molar-refractivity contribution in [3.8, 4) is 5.75 Å². The minimum absolute atomic E-state index is 0.199. The van der Waals surface area contributed by atoms with E-state index in [4.69, 9.17) is 16.7 Å². The number of aromatic hydroxyl groups is 1. The Hall–Kier alpha value is -0.170. The van der Waals surface area contributed by atoms with Crippen LogP contribution in [0.5, 0.6) is 5.75 Å². The van der Waals surface area contributed by atoms with Gasteiger partial charge in [0.25, 0.3) is 6.43 Å². The molecule has 0 aliphatic heterocycles. The molecule has 0 atom stereocenters. The highest BCUT2D eigenvalue weighted by Gasteiger charge is 2.15. The molecular formula is C6H3ClF2INO. The normalized spacial score (nSPS) is 10.8. The molecule has 0 aliphatic carbocycles. The molecular weight excluding hydrogens is 302 g/mol. The third-order valence-corrected chi connectivity index (χ3v) is 2.29. The fourth-order valence-electron chi connectivity index (χ4n) is 0.623. The molecule has 0 fully saturated rings. The monoisotopic (exact) mass is 305 g/mol. The average molecular weight is 305 g/mol. The summed E-state index contributed by atoms with van der Waals surface area (Å²) in [5, 5.41) is 8.66. The second-order valence-corrected chi connectivity index (χ2v) is 3.49. The van der Waals surface area contributed by atoms with Gasteiger partial charge in [0.1, 0.15) is 5.69 Å². The first-order valence-electron chi connectivity index (χ1n) is 2.85. The largest absolute Gasteiger partial charge is 0.505 e. The fourth-order valence-corrected chi connectivity index (χ4v) is 1.42. The van der Waals surface area contributed by atoms with Gasteiger partial charge in [-0.2, -0.15) is 0 Å². The lowest BCUT2D eigenvalue weighted by molar-refractivity contribution is 0.145. The molecule has 0 saturated heterocycles. The average Bonchev–Trinajstić information content (AvgIpc) is 1.96. The summed E-state index contributed by atoms with van der Waals surface area (Å²) in [6.45, 7) is 0. The molecule has 0 amide bonds. The second-order valence-electron chi connectivity index (χ2n) is 1.97. The minimum atomic E-state index is -2.67. The van der Waals surface area contributed by atoms with E-state index in [2.05, 4.69) is 4.98 Å². The molecule has 0 unspecified atom stereocenters. The predicted octanol–water partition coefficient (Wildman–Crippen LogP) is 2.98. The third-order valence-electron chi connectivity index (χ3n) is 1.14. The molecule has 2 nitrogen and oxygen atoms in total. The number of alkyl halides is 2. The summed E-state index contributed by atoms with van der Waals surface area (Å²) in [5.41, 5.74) is -0.404. The second kappa shape index (κ2) is 3.69. The van der Waals surface area contributed by atoms with Crippen LogP contribution in [0.25, 0.3) is 0 Å². The molecule has 0 aliphatic rings. The molecule has 1 rings (SSSR count). The lowest BCUT2D eigenvalue weighted by Gasteiger charge is -2.03. The molecule has 6 heteroatoms. The van der Waals surface area contributed by atoms with Crippen LogP contribution >= 0.6 is 34.2 Å². The summed E-state index contributed by atoms with van der Waals surface area (Å²) in [6, 6.07) is 1.15. The first-order chi connectivity index (χ1) is 5.52. The Kier molecular flexibility index (Phi) is 3.05. The van der Waals surface area contributed by atoms with Crippen molar-refractivity contribution in [2.75, 3.05) is 0 Å². The van der Waals surface area contributed by atoms with Gasteiger partial charge in [0.2, 0.25) is 0 Å².